The van der Waals surface area contributed by atoms with Crippen LogP contribution in [0.1, 0.15) is 33.1 Å². The van der Waals surface area contributed by atoms with E-state index in [0.717, 1.165) is 0 Å². The minimum absolute atomic E-state index is 0.0445. The third-order valence-electron chi connectivity index (χ3n) is 2.35. The largest absolute Gasteiger partial charge is 0.481 e. The molecule has 0 spiro atoms. The summed E-state index contributed by atoms with van der Waals surface area (Å²) in [5, 5.41) is 11.4. The molecule has 1 amide bonds. The second kappa shape index (κ2) is 4.92. The molecular weight excluding hydrogens is 208 g/mol. The topological polar surface area (TPSA) is 78.8 Å². The summed E-state index contributed by atoms with van der Waals surface area (Å²) in [6.07, 6.45) is 4.19. The lowest BCUT2D eigenvalue weighted by Gasteiger charge is -2.25. The van der Waals surface area contributed by atoms with Gasteiger partial charge in [-0.25, -0.2) is 0 Å². The van der Waals surface area contributed by atoms with Gasteiger partial charge in [0.05, 0.1) is 0 Å². The number of rotatable bonds is 5. The molecule has 0 aromatic heterocycles. The fraction of sp³-hybridized carbons (Fsp3) is 0.545. The molecule has 0 fully saturated rings. The molecule has 0 aliphatic carbocycles. The molecule has 5 nitrogen and oxygen atoms in total. The monoisotopic (exact) mass is 224 g/mol. The Bertz CT molecular complexity index is 356. The van der Waals surface area contributed by atoms with Gasteiger partial charge in [-0.2, -0.15) is 0 Å². The van der Waals surface area contributed by atoms with Crippen LogP contribution in [-0.4, -0.2) is 28.7 Å². The number of amides is 1. The Hall–Kier alpha value is -1.65. The van der Waals surface area contributed by atoms with Crippen molar-refractivity contribution in [3.8, 4) is 0 Å². The third-order valence-corrected chi connectivity index (χ3v) is 2.35. The summed E-state index contributed by atoms with van der Waals surface area (Å²) in [5.41, 5.74) is 0.0993. The van der Waals surface area contributed by atoms with Crippen molar-refractivity contribution in [2.24, 2.45) is 4.99 Å². The molecule has 0 atom stereocenters. The smallest absolute Gasteiger partial charge is 0.303 e. The predicted octanol–water partition coefficient (Wildman–Crippen LogP) is 1.10. The highest BCUT2D eigenvalue weighted by Gasteiger charge is 2.23. The van der Waals surface area contributed by atoms with Gasteiger partial charge in [-0.3, -0.25) is 14.6 Å². The van der Waals surface area contributed by atoms with E-state index in [2.05, 4.69) is 10.3 Å². The van der Waals surface area contributed by atoms with E-state index < -0.39 is 11.5 Å². The van der Waals surface area contributed by atoms with Gasteiger partial charge in [-0.05, 0) is 20.3 Å². The summed E-state index contributed by atoms with van der Waals surface area (Å²) in [6.45, 7) is 3.62. The molecule has 5 heteroatoms. The molecule has 16 heavy (non-hydrogen) atoms. The first kappa shape index (κ1) is 12.4. The normalized spacial score (nSPS) is 14.8. The lowest BCUT2D eigenvalue weighted by Crippen LogP contribution is -2.44. The van der Waals surface area contributed by atoms with Gasteiger partial charge in [0.2, 0.25) is 5.91 Å². The molecular formula is C11H16N2O3. The molecule has 88 valence electrons. The number of carbonyl (C=O) groups is 2. The second-order valence-corrected chi connectivity index (χ2v) is 4.42. The number of hydrogen-bond acceptors (Lipinski definition) is 3. The lowest BCUT2D eigenvalue weighted by atomic mass is 9.97. The number of carbonyl (C=O) groups excluding carboxylic acids is 1. The van der Waals surface area contributed by atoms with Gasteiger partial charge >= 0.3 is 5.97 Å². The van der Waals surface area contributed by atoms with Gasteiger partial charge in [0.1, 0.15) is 0 Å². The Morgan fingerprint density at radius 1 is 1.56 bits per heavy atom. The van der Waals surface area contributed by atoms with Crippen molar-refractivity contribution >= 4 is 18.1 Å². The van der Waals surface area contributed by atoms with Crippen molar-refractivity contribution in [1.82, 2.24) is 5.32 Å². The van der Waals surface area contributed by atoms with Crippen LogP contribution < -0.4 is 5.32 Å². The number of aliphatic carboxylic acids is 1. The van der Waals surface area contributed by atoms with Gasteiger partial charge in [-0.15, -0.1) is 0 Å². The highest BCUT2D eigenvalue weighted by molar-refractivity contribution is 5.98. The highest BCUT2D eigenvalue weighted by atomic mass is 16.4. The first-order chi connectivity index (χ1) is 7.41. The highest BCUT2D eigenvalue weighted by Crippen LogP contribution is 2.14. The van der Waals surface area contributed by atoms with Crippen molar-refractivity contribution in [2.75, 3.05) is 0 Å². The zero-order chi connectivity index (χ0) is 12.2. The van der Waals surface area contributed by atoms with Crippen LogP contribution in [0.25, 0.3) is 0 Å². The van der Waals surface area contributed by atoms with Crippen LogP contribution in [0.5, 0.6) is 0 Å². The number of hydrogen-bond donors (Lipinski definition) is 2. The molecule has 0 radical (unpaired) electrons. The Labute approximate surface area is 94.3 Å². The minimum atomic E-state index is -0.856. The molecule has 0 bridgehead atoms. The summed E-state index contributed by atoms with van der Waals surface area (Å²) in [5.74, 6) is -1.03. The van der Waals surface area contributed by atoms with E-state index in [0.29, 0.717) is 18.4 Å². The summed E-state index contributed by atoms with van der Waals surface area (Å²) in [7, 11) is 0. The fourth-order valence-corrected chi connectivity index (χ4v) is 1.37. The number of carboxylic acid groups (broad SMARTS) is 1. The Morgan fingerprint density at radius 2 is 2.25 bits per heavy atom. The number of nitrogens with zero attached hydrogens (tertiary/aromatic N) is 1. The van der Waals surface area contributed by atoms with Crippen LogP contribution in [0.2, 0.25) is 0 Å². The molecule has 0 saturated heterocycles. The van der Waals surface area contributed by atoms with E-state index in [1.165, 1.54) is 6.20 Å². The van der Waals surface area contributed by atoms with E-state index in [9.17, 15) is 9.59 Å². The van der Waals surface area contributed by atoms with Crippen LogP contribution in [0.4, 0.5) is 0 Å². The summed E-state index contributed by atoms with van der Waals surface area (Å²) in [4.78, 5) is 26.0. The van der Waals surface area contributed by atoms with Crippen LogP contribution in [0.15, 0.2) is 16.8 Å². The molecule has 0 unspecified atom stereocenters. The predicted molar refractivity (Wildman–Crippen MR) is 60.3 cm³/mol. The summed E-state index contributed by atoms with van der Waals surface area (Å²) >= 11 is 0. The Morgan fingerprint density at radius 3 is 2.75 bits per heavy atom. The van der Waals surface area contributed by atoms with E-state index in [1.54, 1.807) is 6.21 Å². The number of nitrogens with one attached hydrogen (secondary N) is 1. The molecule has 1 aliphatic heterocycles. The van der Waals surface area contributed by atoms with Gasteiger partial charge in [0.25, 0.3) is 0 Å². The molecule has 1 aliphatic rings. The number of aliphatic imine (C=N–C) groups is 1. The van der Waals surface area contributed by atoms with Gasteiger partial charge in [0, 0.05) is 36.4 Å². The zero-order valence-electron chi connectivity index (χ0n) is 9.49. The molecule has 1 rings (SSSR count). The molecule has 1 heterocycles. The second-order valence-electron chi connectivity index (χ2n) is 4.42. The van der Waals surface area contributed by atoms with Crippen LogP contribution in [0, 0.1) is 0 Å². The fourth-order valence-electron chi connectivity index (χ4n) is 1.37. The lowest BCUT2D eigenvalue weighted by molar-refractivity contribution is -0.137. The van der Waals surface area contributed by atoms with Crippen LogP contribution >= 0.6 is 0 Å². The van der Waals surface area contributed by atoms with Crippen molar-refractivity contribution in [2.45, 2.75) is 38.6 Å². The van der Waals surface area contributed by atoms with Crippen molar-refractivity contribution < 1.29 is 14.7 Å². The minimum Gasteiger partial charge on any atom is -0.481 e. The van der Waals surface area contributed by atoms with E-state index in [1.807, 2.05) is 13.8 Å². The standard InChI is InChI=1S/C11H16N2O3/c1-11(2,5-3-9(14)15)13-10(16)8-4-6-12-7-8/h6-7H,3-5H2,1-2H3,(H,13,16)(H,14,15). The van der Waals surface area contributed by atoms with Gasteiger partial charge < -0.3 is 10.4 Å². The van der Waals surface area contributed by atoms with E-state index in [4.69, 9.17) is 5.11 Å². The first-order valence-corrected chi connectivity index (χ1v) is 5.16. The Kier molecular flexibility index (Phi) is 3.82. The van der Waals surface area contributed by atoms with Crippen molar-refractivity contribution in [1.29, 1.82) is 0 Å². The first-order valence-electron chi connectivity index (χ1n) is 5.16. The SMILES string of the molecule is CC(C)(CCC(=O)O)NC(=O)C1=CN=CC1. The average Bonchev–Trinajstić information content (AvgIpc) is 2.67. The van der Waals surface area contributed by atoms with Crippen LogP contribution in [0.3, 0.4) is 0 Å². The maximum absolute atomic E-state index is 11.7. The maximum Gasteiger partial charge on any atom is 0.303 e. The van der Waals surface area contributed by atoms with E-state index >= 15 is 0 Å². The maximum atomic E-state index is 11.7. The molecule has 0 aromatic carbocycles. The number of carboxylic acids is 1. The van der Waals surface area contributed by atoms with E-state index in [-0.39, 0.29) is 12.3 Å². The van der Waals surface area contributed by atoms with Crippen molar-refractivity contribution in [3.63, 3.8) is 0 Å². The van der Waals surface area contributed by atoms with Crippen LogP contribution in [-0.2, 0) is 9.59 Å². The van der Waals surface area contributed by atoms with Gasteiger partial charge in [0.15, 0.2) is 0 Å². The quantitative estimate of drug-likeness (QED) is 0.734. The molecule has 2 N–H and O–H groups in total. The Balaban J connectivity index is 2.45. The molecule has 0 saturated carbocycles. The third kappa shape index (κ3) is 3.84. The zero-order valence-corrected chi connectivity index (χ0v) is 9.49. The average molecular weight is 224 g/mol. The van der Waals surface area contributed by atoms with Gasteiger partial charge in [-0.1, -0.05) is 0 Å². The summed E-state index contributed by atoms with van der Waals surface area (Å²) < 4.78 is 0. The van der Waals surface area contributed by atoms with Crippen molar-refractivity contribution in [3.05, 3.63) is 11.8 Å². The molecule has 0 aromatic rings. The summed E-state index contributed by atoms with van der Waals surface area (Å²) in [6, 6.07) is 0.